The average molecular weight is 545 g/mol. The third-order valence-corrected chi connectivity index (χ3v) is 8.84. The highest BCUT2D eigenvalue weighted by atomic mass is 32.2. The summed E-state index contributed by atoms with van der Waals surface area (Å²) in [4.78, 5) is 28.6. The van der Waals surface area contributed by atoms with Crippen LogP contribution < -0.4 is 14.4 Å². The van der Waals surface area contributed by atoms with Crippen molar-refractivity contribution >= 4 is 27.7 Å². The molecule has 1 fully saturated rings. The van der Waals surface area contributed by atoms with Crippen LogP contribution in [0.5, 0.6) is 5.75 Å². The van der Waals surface area contributed by atoms with Gasteiger partial charge in [-0.05, 0) is 68.5 Å². The molecule has 1 aliphatic carbocycles. The normalized spacial score (nSPS) is 14.8. The standard InChI is InChI=1S/C28H40N4O5S/c1-20-11-12-21(2)26(17-20)32(38(35,36)30(4)5)19-27(33)31(18-23-13-15-25(37-6)16-14-23)22(3)28(34)29-24-9-7-8-10-24/h11-17,22,24H,7-10,18-19H2,1-6H3,(H,29,34)/t22-/m0/s1. The van der Waals surface area contributed by atoms with Crippen molar-refractivity contribution in [3.8, 4) is 5.75 Å². The Balaban J connectivity index is 1.96. The summed E-state index contributed by atoms with van der Waals surface area (Å²) >= 11 is 0. The van der Waals surface area contributed by atoms with Gasteiger partial charge in [-0.2, -0.15) is 12.7 Å². The summed E-state index contributed by atoms with van der Waals surface area (Å²) in [5, 5.41) is 3.08. The molecule has 0 aromatic heterocycles. The molecule has 38 heavy (non-hydrogen) atoms. The third kappa shape index (κ3) is 7.05. The van der Waals surface area contributed by atoms with E-state index in [1.807, 2.05) is 38.1 Å². The second kappa shape index (κ2) is 12.6. The number of nitrogens with zero attached hydrogens (tertiary/aromatic N) is 3. The lowest BCUT2D eigenvalue weighted by atomic mass is 10.1. The molecule has 1 N–H and O–H groups in total. The predicted octanol–water partition coefficient (Wildman–Crippen LogP) is 3.40. The molecule has 1 aliphatic rings. The molecule has 2 amide bonds. The van der Waals surface area contributed by atoms with E-state index in [4.69, 9.17) is 4.74 Å². The first kappa shape index (κ1) is 29.4. The minimum Gasteiger partial charge on any atom is -0.497 e. The van der Waals surface area contributed by atoms with Crippen LogP contribution in [0.4, 0.5) is 5.69 Å². The number of hydrogen-bond acceptors (Lipinski definition) is 5. The molecule has 2 aromatic rings. The molecule has 0 bridgehead atoms. The quantitative estimate of drug-likeness (QED) is 0.468. The van der Waals surface area contributed by atoms with Crippen molar-refractivity contribution in [2.75, 3.05) is 32.1 Å². The number of ether oxygens (including phenoxy) is 1. The zero-order valence-electron chi connectivity index (χ0n) is 23.2. The van der Waals surface area contributed by atoms with E-state index in [-0.39, 0.29) is 18.5 Å². The van der Waals surface area contributed by atoms with Crippen LogP contribution in [0, 0.1) is 13.8 Å². The minimum absolute atomic E-state index is 0.100. The van der Waals surface area contributed by atoms with E-state index < -0.39 is 28.7 Å². The van der Waals surface area contributed by atoms with Gasteiger partial charge in [-0.1, -0.05) is 37.1 Å². The van der Waals surface area contributed by atoms with Gasteiger partial charge in [0.25, 0.3) is 0 Å². The Labute approximate surface area is 226 Å². The first-order valence-electron chi connectivity index (χ1n) is 12.9. The van der Waals surface area contributed by atoms with Crippen LogP contribution in [0.15, 0.2) is 42.5 Å². The highest BCUT2D eigenvalue weighted by Crippen LogP contribution is 2.26. The van der Waals surface area contributed by atoms with Crippen molar-refractivity contribution in [1.29, 1.82) is 0 Å². The van der Waals surface area contributed by atoms with Crippen LogP contribution in [-0.4, -0.2) is 69.3 Å². The van der Waals surface area contributed by atoms with Gasteiger partial charge < -0.3 is 15.0 Å². The molecule has 0 radical (unpaired) electrons. The molecule has 0 saturated heterocycles. The number of methoxy groups -OCH3 is 1. The van der Waals surface area contributed by atoms with Gasteiger partial charge >= 0.3 is 10.2 Å². The number of carbonyl (C=O) groups excluding carboxylic acids is 2. The van der Waals surface area contributed by atoms with Crippen LogP contribution in [0.1, 0.15) is 49.3 Å². The molecule has 0 spiro atoms. The summed E-state index contributed by atoms with van der Waals surface area (Å²) in [6, 6.07) is 12.0. The Morgan fingerprint density at radius 1 is 1.05 bits per heavy atom. The van der Waals surface area contributed by atoms with Gasteiger partial charge in [0.15, 0.2) is 0 Å². The van der Waals surface area contributed by atoms with E-state index in [2.05, 4.69) is 5.32 Å². The Morgan fingerprint density at radius 3 is 2.26 bits per heavy atom. The minimum atomic E-state index is -4.00. The van der Waals surface area contributed by atoms with Crippen LogP contribution in [0.3, 0.4) is 0 Å². The smallest absolute Gasteiger partial charge is 0.304 e. The molecular weight excluding hydrogens is 504 g/mol. The Hall–Kier alpha value is -3.11. The fourth-order valence-electron chi connectivity index (χ4n) is 4.59. The summed E-state index contributed by atoms with van der Waals surface area (Å²) < 4.78 is 34.3. The first-order valence-corrected chi connectivity index (χ1v) is 14.3. The summed E-state index contributed by atoms with van der Waals surface area (Å²) in [7, 11) is 0.443. The zero-order chi connectivity index (χ0) is 28.0. The van der Waals surface area contributed by atoms with Crippen molar-refractivity contribution in [3.63, 3.8) is 0 Å². The van der Waals surface area contributed by atoms with E-state index in [1.54, 1.807) is 32.2 Å². The lowest BCUT2D eigenvalue weighted by Gasteiger charge is -2.33. The largest absolute Gasteiger partial charge is 0.497 e. The molecule has 9 nitrogen and oxygen atoms in total. The molecule has 0 heterocycles. The fourth-order valence-corrected chi connectivity index (χ4v) is 5.71. The Morgan fingerprint density at radius 2 is 1.68 bits per heavy atom. The highest BCUT2D eigenvalue weighted by molar-refractivity contribution is 7.90. The first-order chi connectivity index (χ1) is 17.9. The number of benzene rings is 2. The van der Waals surface area contributed by atoms with E-state index in [0.717, 1.165) is 51.0 Å². The van der Waals surface area contributed by atoms with Gasteiger partial charge in [0.05, 0.1) is 12.8 Å². The average Bonchev–Trinajstić information content (AvgIpc) is 3.40. The van der Waals surface area contributed by atoms with Gasteiger partial charge in [0, 0.05) is 26.7 Å². The second-order valence-corrected chi connectivity index (χ2v) is 12.2. The summed E-state index contributed by atoms with van der Waals surface area (Å²) in [6.07, 6.45) is 3.99. The molecule has 0 unspecified atom stereocenters. The monoisotopic (exact) mass is 544 g/mol. The van der Waals surface area contributed by atoms with Crippen molar-refractivity contribution in [3.05, 3.63) is 59.2 Å². The molecular formula is C28H40N4O5S. The fraction of sp³-hybridized carbons (Fsp3) is 0.500. The maximum Gasteiger partial charge on any atom is 0.304 e. The summed E-state index contributed by atoms with van der Waals surface area (Å²) in [5.74, 6) is -0.0365. The summed E-state index contributed by atoms with van der Waals surface area (Å²) in [5.41, 5.74) is 2.83. The molecule has 10 heteroatoms. The Bertz CT molecular complexity index is 1220. The van der Waals surface area contributed by atoms with Gasteiger partial charge in [-0.25, -0.2) is 4.31 Å². The number of hydrogen-bond donors (Lipinski definition) is 1. The van der Waals surface area contributed by atoms with Gasteiger partial charge in [0.2, 0.25) is 11.8 Å². The van der Waals surface area contributed by atoms with E-state index >= 15 is 0 Å². The van der Waals surface area contributed by atoms with Crippen molar-refractivity contribution < 1.29 is 22.7 Å². The van der Waals surface area contributed by atoms with Crippen LogP contribution in [0.2, 0.25) is 0 Å². The SMILES string of the molecule is COc1ccc(CN(C(=O)CN(c2cc(C)ccc2C)S(=O)(=O)N(C)C)[C@@H](C)C(=O)NC2CCCC2)cc1. The molecule has 3 rings (SSSR count). The number of nitrogens with one attached hydrogen (secondary N) is 1. The van der Waals surface area contributed by atoms with Crippen LogP contribution in [0.25, 0.3) is 0 Å². The lowest BCUT2D eigenvalue weighted by molar-refractivity contribution is -0.139. The third-order valence-electron chi connectivity index (χ3n) is 7.03. The van der Waals surface area contributed by atoms with E-state index in [0.29, 0.717) is 11.4 Å². The number of amides is 2. The Kier molecular flexibility index (Phi) is 9.78. The molecule has 0 aliphatic heterocycles. The maximum atomic E-state index is 13.9. The van der Waals surface area contributed by atoms with E-state index in [9.17, 15) is 18.0 Å². The summed E-state index contributed by atoms with van der Waals surface area (Å²) in [6.45, 7) is 5.07. The predicted molar refractivity (Wildman–Crippen MR) is 149 cm³/mol. The van der Waals surface area contributed by atoms with Gasteiger partial charge in [0.1, 0.15) is 18.3 Å². The number of rotatable bonds is 11. The van der Waals surface area contributed by atoms with E-state index in [1.165, 1.54) is 19.0 Å². The van der Waals surface area contributed by atoms with Crippen molar-refractivity contribution in [2.45, 2.75) is 65.1 Å². The van der Waals surface area contributed by atoms with Crippen molar-refractivity contribution in [2.24, 2.45) is 0 Å². The molecule has 2 aromatic carbocycles. The molecule has 1 saturated carbocycles. The van der Waals surface area contributed by atoms with Gasteiger partial charge in [-0.3, -0.25) is 9.59 Å². The second-order valence-electron chi connectivity index (χ2n) is 10.1. The number of carbonyl (C=O) groups is 2. The topological polar surface area (TPSA) is 99.3 Å². The van der Waals surface area contributed by atoms with Crippen molar-refractivity contribution in [1.82, 2.24) is 14.5 Å². The van der Waals surface area contributed by atoms with Gasteiger partial charge in [-0.15, -0.1) is 0 Å². The van der Waals surface area contributed by atoms with Crippen LogP contribution >= 0.6 is 0 Å². The number of aryl methyl sites for hydroxylation is 2. The molecule has 208 valence electrons. The highest BCUT2D eigenvalue weighted by Gasteiger charge is 2.34. The molecule has 1 atom stereocenters. The lowest BCUT2D eigenvalue weighted by Crippen LogP contribution is -2.53. The maximum absolute atomic E-state index is 13.9. The zero-order valence-corrected chi connectivity index (χ0v) is 24.0. The number of anilines is 1. The van der Waals surface area contributed by atoms with Crippen LogP contribution in [-0.2, 0) is 26.3 Å².